The average Bonchev–Trinajstić information content (AvgIpc) is 2.84. The van der Waals surface area contributed by atoms with E-state index in [-0.39, 0.29) is 17.2 Å². The van der Waals surface area contributed by atoms with Gasteiger partial charge in [-0.05, 0) is 49.7 Å². The van der Waals surface area contributed by atoms with E-state index in [0.29, 0.717) is 19.6 Å². The lowest BCUT2D eigenvalue weighted by atomic mass is 10.1. The van der Waals surface area contributed by atoms with Crippen LogP contribution in [0.5, 0.6) is 0 Å². The number of anilines is 1. The average molecular weight is 512 g/mol. The first-order valence-corrected chi connectivity index (χ1v) is 13.1. The Bertz CT molecular complexity index is 1430. The summed E-state index contributed by atoms with van der Waals surface area (Å²) in [6.07, 6.45) is 0. The molecule has 3 aromatic rings. The minimum absolute atomic E-state index is 0.0138. The first kappa shape index (κ1) is 25.3. The van der Waals surface area contributed by atoms with Gasteiger partial charge in [-0.25, -0.2) is 12.8 Å². The molecule has 1 saturated heterocycles. The van der Waals surface area contributed by atoms with Crippen LogP contribution in [0, 0.1) is 22.9 Å². The van der Waals surface area contributed by atoms with Crippen LogP contribution in [0.15, 0.2) is 71.6 Å². The molecule has 188 valence electrons. The molecule has 4 rings (SSSR count). The van der Waals surface area contributed by atoms with Crippen molar-refractivity contribution in [3.63, 3.8) is 0 Å². The number of piperazine rings is 1. The Kier molecular flexibility index (Phi) is 7.07. The molecule has 10 heteroatoms. The Morgan fingerprint density at radius 2 is 1.83 bits per heavy atom. The van der Waals surface area contributed by atoms with Gasteiger partial charge in [-0.15, -0.1) is 0 Å². The molecule has 1 fully saturated rings. The molecule has 1 amide bonds. The van der Waals surface area contributed by atoms with Gasteiger partial charge in [0.05, 0.1) is 10.7 Å². The summed E-state index contributed by atoms with van der Waals surface area (Å²) in [6.45, 7) is 5.43. The number of rotatable bonds is 6. The molecular weight excluding hydrogens is 485 g/mol. The summed E-state index contributed by atoms with van der Waals surface area (Å²) >= 11 is 0. The number of nitro groups is 1. The predicted octanol–water partition coefficient (Wildman–Crippen LogP) is 4.37. The fourth-order valence-electron chi connectivity index (χ4n) is 4.47. The van der Waals surface area contributed by atoms with Crippen LogP contribution < -0.4 is 4.90 Å². The molecule has 1 atom stereocenters. The fraction of sp³-hybridized carbons (Fsp3) is 0.269. The Labute approximate surface area is 209 Å². The normalized spacial score (nSPS) is 16.1. The topological polar surface area (TPSA) is 101 Å². The van der Waals surface area contributed by atoms with Crippen LogP contribution >= 0.6 is 0 Å². The van der Waals surface area contributed by atoms with E-state index in [1.807, 2.05) is 32.0 Å². The molecule has 0 aliphatic carbocycles. The highest BCUT2D eigenvalue weighted by atomic mass is 32.2. The van der Waals surface area contributed by atoms with Gasteiger partial charge in [0, 0.05) is 48.6 Å². The van der Waals surface area contributed by atoms with Crippen molar-refractivity contribution in [2.24, 2.45) is 0 Å². The molecule has 0 bridgehead atoms. The number of benzene rings is 3. The van der Waals surface area contributed by atoms with Crippen LogP contribution in [-0.2, 0) is 15.6 Å². The van der Waals surface area contributed by atoms with Crippen LogP contribution in [0.4, 0.5) is 15.8 Å². The second kappa shape index (κ2) is 10.1. The number of hydrogen-bond donors (Lipinski definition) is 0. The molecule has 0 N–H and O–H groups in total. The van der Waals surface area contributed by atoms with Gasteiger partial charge < -0.3 is 9.80 Å². The van der Waals surface area contributed by atoms with Crippen molar-refractivity contribution in [3.05, 3.63) is 99.4 Å². The monoisotopic (exact) mass is 511 g/mol. The van der Waals surface area contributed by atoms with Crippen LogP contribution in [-0.4, -0.2) is 49.8 Å². The molecule has 0 spiro atoms. The van der Waals surface area contributed by atoms with Crippen molar-refractivity contribution in [3.8, 4) is 0 Å². The number of nitrogens with zero attached hydrogens (tertiary/aromatic N) is 3. The van der Waals surface area contributed by atoms with Crippen molar-refractivity contribution in [1.29, 1.82) is 0 Å². The highest BCUT2D eigenvalue weighted by Gasteiger charge is 2.31. The van der Waals surface area contributed by atoms with E-state index in [0.717, 1.165) is 29.4 Å². The van der Waals surface area contributed by atoms with E-state index in [4.69, 9.17) is 0 Å². The highest BCUT2D eigenvalue weighted by molar-refractivity contribution is 7.90. The molecule has 0 saturated carbocycles. The predicted molar refractivity (Wildman–Crippen MR) is 134 cm³/mol. The Morgan fingerprint density at radius 1 is 1.08 bits per heavy atom. The first-order chi connectivity index (χ1) is 17.1. The van der Waals surface area contributed by atoms with Gasteiger partial charge in [-0.3, -0.25) is 14.9 Å². The zero-order valence-electron chi connectivity index (χ0n) is 19.9. The van der Waals surface area contributed by atoms with Gasteiger partial charge in [-0.1, -0.05) is 30.3 Å². The van der Waals surface area contributed by atoms with Gasteiger partial charge in [-0.2, -0.15) is 0 Å². The maximum absolute atomic E-state index is 14.0. The summed E-state index contributed by atoms with van der Waals surface area (Å²) in [4.78, 5) is 27.4. The third-order valence-corrected chi connectivity index (χ3v) is 8.00. The summed E-state index contributed by atoms with van der Waals surface area (Å²) in [5.74, 6) is -1.85. The lowest BCUT2D eigenvalue weighted by Crippen LogP contribution is -2.53. The lowest BCUT2D eigenvalue weighted by molar-refractivity contribution is -0.387. The number of hydrogen-bond acceptors (Lipinski definition) is 6. The molecule has 36 heavy (non-hydrogen) atoms. The van der Waals surface area contributed by atoms with E-state index in [9.17, 15) is 27.7 Å². The van der Waals surface area contributed by atoms with Gasteiger partial charge in [0.2, 0.25) is 0 Å². The van der Waals surface area contributed by atoms with E-state index in [1.165, 1.54) is 24.3 Å². The summed E-state index contributed by atoms with van der Waals surface area (Å²) in [5.41, 5.74) is 1.43. The minimum atomic E-state index is -4.24. The highest BCUT2D eigenvalue weighted by Crippen LogP contribution is 2.30. The maximum atomic E-state index is 14.0. The standard InChI is InChI=1S/C26H26FN3O5S/c1-18-6-5-8-22(14-18)29-13-12-28(16-19(29)2)26(31)20-10-11-25(24(15-20)30(32)33)36(34,35)17-21-7-3-4-9-23(21)27/h3-11,14-15,19H,12-13,16-17H2,1-2H3/t19-/m0/s1. The number of halogens is 1. The molecule has 3 aromatic carbocycles. The number of carbonyl (C=O) groups is 1. The summed E-state index contributed by atoms with van der Waals surface area (Å²) in [7, 11) is -4.24. The molecular formula is C26H26FN3O5S. The largest absolute Gasteiger partial charge is 0.365 e. The zero-order chi connectivity index (χ0) is 26.0. The second-order valence-electron chi connectivity index (χ2n) is 8.92. The first-order valence-electron chi connectivity index (χ1n) is 11.4. The summed E-state index contributed by atoms with van der Waals surface area (Å²) in [6, 6.07) is 16.8. The van der Waals surface area contributed by atoms with Crippen molar-refractivity contribution < 1.29 is 22.5 Å². The Balaban J connectivity index is 1.56. The quantitative estimate of drug-likeness (QED) is 0.360. The zero-order valence-corrected chi connectivity index (χ0v) is 20.7. The molecule has 1 heterocycles. The lowest BCUT2D eigenvalue weighted by Gasteiger charge is -2.41. The Hall–Kier alpha value is -3.79. The molecule has 1 aliphatic rings. The molecule has 1 aliphatic heterocycles. The molecule has 0 aromatic heterocycles. The maximum Gasteiger partial charge on any atom is 0.288 e. The van der Waals surface area contributed by atoms with Crippen molar-refractivity contribution in [2.75, 3.05) is 24.5 Å². The Morgan fingerprint density at radius 3 is 2.50 bits per heavy atom. The SMILES string of the molecule is Cc1cccc(N2CCN(C(=O)c3ccc(S(=O)(=O)Cc4ccccc4F)c([N+](=O)[O-])c3)C[C@@H]2C)c1. The van der Waals surface area contributed by atoms with Gasteiger partial charge in [0.25, 0.3) is 11.6 Å². The number of amides is 1. The van der Waals surface area contributed by atoms with E-state index in [2.05, 4.69) is 11.0 Å². The number of carbonyl (C=O) groups excluding carboxylic acids is 1. The third-order valence-electron chi connectivity index (χ3n) is 6.29. The minimum Gasteiger partial charge on any atom is -0.365 e. The van der Waals surface area contributed by atoms with Crippen LogP contribution in [0.1, 0.15) is 28.4 Å². The van der Waals surface area contributed by atoms with Gasteiger partial charge in [0.1, 0.15) is 10.7 Å². The smallest absolute Gasteiger partial charge is 0.288 e. The summed E-state index contributed by atoms with van der Waals surface area (Å²) < 4.78 is 39.9. The van der Waals surface area contributed by atoms with Gasteiger partial charge >= 0.3 is 0 Å². The van der Waals surface area contributed by atoms with E-state index < -0.39 is 42.8 Å². The molecule has 8 nitrogen and oxygen atoms in total. The van der Waals surface area contributed by atoms with Crippen molar-refractivity contribution >= 4 is 27.1 Å². The summed E-state index contributed by atoms with van der Waals surface area (Å²) in [5, 5.41) is 11.8. The van der Waals surface area contributed by atoms with Crippen LogP contribution in [0.2, 0.25) is 0 Å². The number of aryl methyl sites for hydroxylation is 1. The van der Waals surface area contributed by atoms with Crippen LogP contribution in [0.3, 0.4) is 0 Å². The van der Waals surface area contributed by atoms with Crippen molar-refractivity contribution in [1.82, 2.24) is 4.90 Å². The van der Waals surface area contributed by atoms with E-state index in [1.54, 1.807) is 4.90 Å². The van der Waals surface area contributed by atoms with E-state index >= 15 is 0 Å². The molecule has 0 unspecified atom stereocenters. The van der Waals surface area contributed by atoms with Crippen molar-refractivity contribution in [2.45, 2.75) is 30.5 Å². The number of sulfone groups is 1. The fourth-order valence-corrected chi connectivity index (χ4v) is 6.00. The van der Waals surface area contributed by atoms with Crippen LogP contribution in [0.25, 0.3) is 0 Å². The molecule has 0 radical (unpaired) electrons. The number of nitro benzene ring substituents is 1. The van der Waals surface area contributed by atoms with Gasteiger partial charge in [0.15, 0.2) is 9.84 Å². The second-order valence-corrected chi connectivity index (χ2v) is 10.9. The third kappa shape index (κ3) is 5.23.